The zero-order valence-electron chi connectivity index (χ0n) is 14.5. The van der Waals surface area contributed by atoms with Gasteiger partial charge in [0, 0.05) is 24.0 Å². The molecule has 1 atom stereocenters. The topological polar surface area (TPSA) is 65.2 Å². The van der Waals surface area contributed by atoms with Crippen LogP contribution in [0.5, 0.6) is 0 Å². The SMILES string of the molecule is CC(c1c[nH]c(=O)c2c(F)c(F)ccc12)N(C)C(=O)Nc1ccc(Cl)cc1. The molecule has 2 N–H and O–H groups in total. The summed E-state index contributed by atoms with van der Waals surface area (Å²) in [5.41, 5.74) is 0.311. The van der Waals surface area contributed by atoms with E-state index in [1.54, 1.807) is 38.2 Å². The smallest absolute Gasteiger partial charge is 0.322 e. The molecule has 1 aromatic heterocycles. The number of nitrogens with one attached hydrogen (secondary N) is 2. The van der Waals surface area contributed by atoms with E-state index in [0.29, 0.717) is 16.3 Å². The number of H-pyrrole nitrogens is 1. The van der Waals surface area contributed by atoms with E-state index >= 15 is 0 Å². The molecule has 0 aliphatic heterocycles. The number of carbonyl (C=O) groups excluding carboxylic acids is 1. The molecule has 0 aliphatic carbocycles. The summed E-state index contributed by atoms with van der Waals surface area (Å²) in [6, 6.07) is 7.97. The number of hydrogen-bond donors (Lipinski definition) is 2. The first kappa shape index (κ1) is 18.8. The Balaban J connectivity index is 1.93. The van der Waals surface area contributed by atoms with E-state index in [0.717, 1.165) is 6.07 Å². The Morgan fingerprint density at radius 1 is 1.19 bits per heavy atom. The van der Waals surface area contributed by atoms with Gasteiger partial charge in [-0.3, -0.25) is 4.79 Å². The molecule has 3 aromatic rings. The van der Waals surface area contributed by atoms with Gasteiger partial charge in [-0.25, -0.2) is 13.6 Å². The third-order valence-electron chi connectivity index (χ3n) is 4.44. The Morgan fingerprint density at radius 3 is 2.52 bits per heavy atom. The van der Waals surface area contributed by atoms with Gasteiger partial charge in [0.05, 0.1) is 11.4 Å². The average Bonchev–Trinajstić information content (AvgIpc) is 2.65. The summed E-state index contributed by atoms with van der Waals surface area (Å²) < 4.78 is 27.6. The normalized spacial score (nSPS) is 12.0. The summed E-state index contributed by atoms with van der Waals surface area (Å²) in [6.07, 6.45) is 1.40. The molecule has 140 valence electrons. The Bertz CT molecular complexity index is 1070. The molecule has 0 saturated carbocycles. The molecule has 2 aromatic carbocycles. The summed E-state index contributed by atoms with van der Waals surface area (Å²) in [6.45, 7) is 1.72. The number of rotatable bonds is 3. The largest absolute Gasteiger partial charge is 0.328 e. The van der Waals surface area contributed by atoms with Crippen molar-refractivity contribution in [3.63, 3.8) is 0 Å². The Labute approximate surface area is 158 Å². The lowest BCUT2D eigenvalue weighted by Gasteiger charge is -2.26. The molecule has 1 unspecified atom stereocenters. The van der Waals surface area contributed by atoms with Crippen LogP contribution in [0.15, 0.2) is 47.4 Å². The minimum absolute atomic E-state index is 0.247. The number of amides is 2. The predicted octanol–water partition coefficient (Wildman–Crippen LogP) is 4.68. The molecule has 8 heteroatoms. The van der Waals surface area contributed by atoms with Gasteiger partial charge in [0.1, 0.15) is 0 Å². The number of carbonyl (C=O) groups is 1. The maximum Gasteiger partial charge on any atom is 0.322 e. The van der Waals surface area contributed by atoms with E-state index < -0.39 is 29.3 Å². The third-order valence-corrected chi connectivity index (χ3v) is 4.69. The van der Waals surface area contributed by atoms with Crippen LogP contribution in [0.4, 0.5) is 19.3 Å². The first-order chi connectivity index (χ1) is 12.8. The number of aromatic nitrogens is 1. The number of nitrogens with zero attached hydrogens (tertiary/aromatic N) is 1. The Kier molecular flexibility index (Phi) is 5.14. The maximum absolute atomic E-state index is 14.1. The van der Waals surface area contributed by atoms with Crippen LogP contribution in [0.3, 0.4) is 0 Å². The fourth-order valence-electron chi connectivity index (χ4n) is 2.78. The predicted molar refractivity (Wildman–Crippen MR) is 101 cm³/mol. The lowest BCUT2D eigenvalue weighted by atomic mass is 10.0. The van der Waals surface area contributed by atoms with Gasteiger partial charge in [-0.05, 0) is 48.2 Å². The van der Waals surface area contributed by atoms with Crippen LogP contribution in [0, 0.1) is 11.6 Å². The highest BCUT2D eigenvalue weighted by Crippen LogP contribution is 2.27. The average molecular weight is 392 g/mol. The van der Waals surface area contributed by atoms with Crippen molar-refractivity contribution in [2.24, 2.45) is 0 Å². The second kappa shape index (κ2) is 7.36. The number of fused-ring (bicyclic) bond motifs is 1. The van der Waals surface area contributed by atoms with E-state index in [1.807, 2.05) is 0 Å². The van der Waals surface area contributed by atoms with Crippen LogP contribution in [0.1, 0.15) is 18.5 Å². The van der Waals surface area contributed by atoms with Crippen molar-refractivity contribution in [3.05, 3.63) is 75.2 Å². The molecule has 1 heterocycles. The van der Waals surface area contributed by atoms with Crippen molar-refractivity contribution in [2.45, 2.75) is 13.0 Å². The van der Waals surface area contributed by atoms with Gasteiger partial charge in [0.25, 0.3) is 5.56 Å². The number of hydrogen-bond acceptors (Lipinski definition) is 2. The lowest BCUT2D eigenvalue weighted by Crippen LogP contribution is -2.34. The molecular formula is C19H16ClF2N3O2. The van der Waals surface area contributed by atoms with E-state index in [-0.39, 0.29) is 10.8 Å². The molecule has 0 aliphatic rings. The molecule has 0 radical (unpaired) electrons. The van der Waals surface area contributed by atoms with Crippen molar-refractivity contribution in [1.82, 2.24) is 9.88 Å². The number of aromatic amines is 1. The van der Waals surface area contributed by atoms with Gasteiger partial charge in [-0.1, -0.05) is 17.7 Å². The van der Waals surface area contributed by atoms with Crippen LogP contribution >= 0.6 is 11.6 Å². The van der Waals surface area contributed by atoms with Crippen LogP contribution in [-0.2, 0) is 0 Å². The first-order valence-corrected chi connectivity index (χ1v) is 8.46. The number of benzene rings is 2. The van der Waals surface area contributed by atoms with Crippen molar-refractivity contribution in [3.8, 4) is 0 Å². The molecule has 0 saturated heterocycles. The highest BCUT2D eigenvalue weighted by atomic mass is 35.5. The highest BCUT2D eigenvalue weighted by molar-refractivity contribution is 6.30. The summed E-state index contributed by atoms with van der Waals surface area (Å²) >= 11 is 5.82. The maximum atomic E-state index is 14.1. The van der Waals surface area contributed by atoms with Crippen LogP contribution in [-0.4, -0.2) is 23.0 Å². The fraction of sp³-hybridized carbons (Fsp3) is 0.158. The van der Waals surface area contributed by atoms with Crippen molar-refractivity contribution in [2.75, 3.05) is 12.4 Å². The summed E-state index contributed by atoms with van der Waals surface area (Å²) in [7, 11) is 1.56. The second-order valence-corrected chi connectivity index (χ2v) is 6.52. The monoisotopic (exact) mass is 391 g/mol. The summed E-state index contributed by atoms with van der Waals surface area (Å²) in [5.74, 6) is -2.32. The number of anilines is 1. The summed E-state index contributed by atoms with van der Waals surface area (Å²) in [4.78, 5) is 28.2. The Morgan fingerprint density at radius 2 is 1.85 bits per heavy atom. The molecule has 27 heavy (non-hydrogen) atoms. The van der Waals surface area contributed by atoms with E-state index in [4.69, 9.17) is 11.6 Å². The van der Waals surface area contributed by atoms with Gasteiger partial charge in [0.2, 0.25) is 0 Å². The third kappa shape index (κ3) is 3.64. The highest BCUT2D eigenvalue weighted by Gasteiger charge is 2.22. The number of pyridine rings is 1. The molecule has 0 fully saturated rings. The minimum Gasteiger partial charge on any atom is -0.328 e. The van der Waals surface area contributed by atoms with Crippen molar-refractivity contribution in [1.29, 1.82) is 0 Å². The van der Waals surface area contributed by atoms with Crippen LogP contribution in [0.2, 0.25) is 5.02 Å². The van der Waals surface area contributed by atoms with Gasteiger partial charge < -0.3 is 15.2 Å². The van der Waals surface area contributed by atoms with Crippen LogP contribution in [0.25, 0.3) is 10.8 Å². The molecule has 3 rings (SSSR count). The van der Waals surface area contributed by atoms with Crippen LogP contribution < -0.4 is 10.9 Å². The number of halogens is 3. The molecule has 5 nitrogen and oxygen atoms in total. The van der Waals surface area contributed by atoms with E-state index in [9.17, 15) is 18.4 Å². The molecule has 2 amide bonds. The zero-order valence-corrected chi connectivity index (χ0v) is 15.3. The lowest BCUT2D eigenvalue weighted by molar-refractivity contribution is 0.208. The fourth-order valence-corrected chi connectivity index (χ4v) is 2.91. The van der Waals surface area contributed by atoms with Gasteiger partial charge in [-0.2, -0.15) is 0 Å². The summed E-state index contributed by atoms with van der Waals surface area (Å²) in [5, 5.41) is 3.14. The van der Waals surface area contributed by atoms with Gasteiger partial charge >= 0.3 is 6.03 Å². The number of urea groups is 1. The van der Waals surface area contributed by atoms with Gasteiger partial charge in [0.15, 0.2) is 11.6 Å². The minimum atomic E-state index is -1.21. The zero-order chi connectivity index (χ0) is 19.7. The molecular weight excluding hydrogens is 376 g/mol. The second-order valence-electron chi connectivity index (χ2n) is 6.08. The van der Waals surface area contributed by atoms with E-state index in [2.05, 4.69) is 10.3 Å². The Hall–Kier alpha value is -2.93. The molecule has 0 bridgehead atoms. The van der Waals surface area contributed by atoms with E-state index in [1.165, 1.54) is 17.2 Å². The standard InChI is InChI=1S/C19H16ClF2N3O2/c1-10(25(2)19(27)24-12-5-3-11(20)4-6-12)14-9-23-18(26)16-13(14)7-8-15(21)17(16)22/h3-10H,1-2H3,(H,23,26)(H,24,27). The molecule has 0 spiro atoms. The van der Waals surface area contributed by atoms with Crippen molar-refractivity contribution >= 4 is 34.1 Å². The van der Waals surface area contributed by atoms with Crippen molar-refractivity contribution < 1.29 is 13.6 Å². The first-order valence-electron chi connectivity index (χ1n) is 8.08. The quantitative estimate of drug-likeness (QED) is 0.680. The van der Waals surface area contributed by atoms with Gasteiger partial charge in [-0.15, -0.1) is 0 Å².